The summed E-state index contributed by atoms with van der Waals surface area (Å²) in [4.78, 5) is 12.7. The molecule has 2 bridgehead atoms. The van der Waals surface area contributed by atoms with Crippen LogP contribution in [0.2, 0.25) is 5.15 Å². The SMILES string of the molecule is CC1(C)[C@@H]2CC[C@H](Cn3cnc4c(Cl)ncnc43)[C@H]1C2. The van der Waals surface area contributed by atoms with E-state index < -0.39 is 0 Å². The predicted octanol–water partition coefficient (Wildman–Crippen LogP) is 3.55. The molecule has 2 aromatic heterocycles. The summed E-state index contributed by atoms with van der Waals surface area (Å²) in [6.07, 6.45) is 7.49. The fourth-order valence-electron chi connectivity index (χ4n) is 4.42. The summed E-state index contributed by atoms with van der Waals surface area (Å²) in [7, 11) is 0. The highest BCUT2D eigenvalue weighted by atomic mass is 35.5. The molecular formula is C15H19ClN4. The van der Waals surface area contributed by atoms with Crippen molar-refractivity contribution in [2.75, 3.05) is 0 Å². The molecule has 3 aliphatic rings. The maximum absolute atomic E-state index is 6.07. The quantitative estimate of drug-likeness (QED) is 0.795. The number of halogens is 1. The van der Waals surface area contributed by atoms with E-state index in [1.807, 2.05) is 6.33 Å². The minimum absolute atomic E-state index is 0.446. The van der Waals surface area contributed by atoms with Crippen molar-refractivity contribution in [3.63, 3.8) is 0 Å². The Hall–Kier alpha value is -1.16. The lowest BCUT2D eigenvalue weighted by Crippen LogP contribution is -2.53. The van der Waals surface area contributed by atoms with Crippen LogP contribution < -0.4 is 0 Å². The second-order valence-electron chi connectivity index (χ2n) is 6.93. The highest BCUT2D eigenvalue weighted by Crippen LogP contribution is 2.61. The molecule has 0 amide bonds. The summed E-state index contributed by atoms with van der Waals surface area (Å²) >= 11 is 6.07. The highest BCUT2D eigenvalue weighted by molar-refractivity contribution is 6.33. The molecule has 3 fully saturated rings. The number of hydrogen-bond acceptors (Lipinski definition) is 3. The third-order valence-corrected chi connectivity index (χ3v) is 6.07. The largest absolute Gasteiger partial charge is 0.315 e. The Bertz CT molecular complexity index is 661. The maximum atomic E-state index is 6.07. The molecule has 0 unspecified atom stereocenters. The molecule has 0 radical (unpaired) electrons. The van der Waals surface area contributed by atoms with Crippen LogP contribution in [0.5, 0.6) is 0 Å². The molecule has 4 nitrogen and oxygen atoms in total. The normalized spacial score (nSPS) is 31.2. The Labute approximate surface area is 123 Å². The van der Waals surface area contributed by atoms with Crippen LogP contribution in [0.4, 0.5) is 0 Å². The van der Waals surface area contributed by atoms with Gasteiger partial charge >= 0.3 is 0 Å². The third kappa shape index (κ3) is 1.63. The van der Waals surface area contributed by atoms with Crippen LogP contribution in [0, 0.1) is 23.2 Å². The van der Waals surface area contributed by atoms with Gasteiger partial charge in [-0.15, -0.1) is 0 Å². The number of nitrogens with zero attached hydrogens (tertiary/aromatic N) is 4. The van der Waals surface area contributed by atoms with Crippen molar-refractivity contribution >= 4 is 22.8 Å². The van der Waals surface area contributed by atoms with Crippen molar-refractivity contribution in [1.82, 2.24) is 19.5 Å². The molecule has 20 heavy (non-hydrogen) atoms. The van der Waals surface area contributed by atoms with Gasteiger partial charge in [-0.2, -0.15) is 0 Å². The lowest BCUT2D eigenvalue weighted by Gasteiger charge is -2.60. The zero-order valence-electron chi connectivity index (χ0n) is 11.9. The van der Waals surface area contributed by atoms with E-state index in [9.17, 15) is 0 Å². The third-order valence-electron chi connectivity index (χ3n) is 5.79. The first kappa shape index (κ1) is 12.6. The van der Waals surface area contributed by atoms with Crippen molar-refractivity contribution in [2.24, 2.45) is 23.2 Å². The maximum Gasteiger partial charge on any atom is 0.164 e. The molecule has 3 saturated carbocycles. The number of imidazole rings is 1. The summed E-state index contributed by atoms with van der Waals surface area (Å²) < 4.78 is 2.16. The Morgan fingerprint density at radius 1 is 1.30 bits per heavy atom. The average molecular weight is 291 g/mol. The van der Waals surface area contributed by atoms with Crippen LogP contribution in [-0.2, 0) is 6.54 Å². The number of fused-ring (bicyclic) bond motifs is 3. The fraction of sp³-hybridized carbons (Fsp3) is 0.667. The molecule has 0 aromatic carbocycles. The standard InChI is InChI=1S/C15H19ClN4/c1-15(2)10-4-3-9(11(15)5-10)6-20-8-19-12-13(16)17-7-18-14(12)20/h7-11H,3-6H2,1-2H3/t9-,10-,11-/m1/s1. The molecule has 3 aliphatic carbocycles. The number of hydrogen-bond donors (Lipinski definition) is 0. The van der Waals surface area contributed by atoms with Gasteiger partial charge in [-0.3, -0.25) is 0 Å². The van der Waals surface area contributed by atoms with Crippen LogP contribution in [0.1, 0.15) is 33.1 Å². The molecule has 0 saturated heterocycles. The van der Waals surface area contributed by atoms with Crippen molar-refractivity contribution in [3.8, 4) is 0 Å². The minimum Gasteiger partial charge on any atom is -0.315 e. The van der Waals surface area contributed by atoms with E-state index in [2.05, 4.69) is 33.4 Å². The first-order valence-electron chi connectivity index (χ1n) is 7.38. The lowest BCUT2D eigenvalue weighted by atomic mass is 9.45. The Morgan fingerprint density at radius 3 is 2.90 bits per heavy atom. The predicted molar refractivity (Wildman–Crippen MR) is 78.4 cm³/mol. The monoisotopic (exact) mass is 290 g/mol. The zero-order valence-corrected chi connectivity index (χ0v) is 12.6. The van der Waals surface area contributed by atoms with E-state index in [4.69, 9.17) is 11.6 Å². The Morgan fingerprint density at radius 2 is 2.15 bits per heavy atom. The summed E-state index contributed by atoms with van der Waals surface area (Å²) in [5, 5.41) is 0.446. The van der Waals surface area contributed by atoms with E-state index in [1.165, 1.54) is 25.6 Å². The van der Waals surface area contributed by atoms with Crippen LogP contribution in [0.15, 0.2) is 12.7 Å². The molecule has 3 atom stereocenters. The summed E-state index contributed by atoms with van der Waals surface area (Å²) in [6, 6.07) is 0. The lowest BCUT2D eigenvalue weighted by molar-refractivity contribution is -0.108. The average Bonchev–Trinajstić information content (AvgIpc) is 2.83. The van der Waals surface area contributed by atoms with Gasteiger partial charge in [0.2, 0.25) is 0 Å². The van der Waals surface area contributed by atoms with Gasteiger partial charge in [-0.05, 0) is 42.4 Å². The topological polar surface area (TPSA) is 43.6 Å². The molecule has 2 aromatic rings. The molecule has 0 aliphatic heterocycles. The van der Waals surface area contributed by atoms with Crippen molar-refractivity contribution < 1.29 is 0 Å². The molecule has 5 heteroatoms. The second-order valence-corrected chi connectivity index (χ2v) is 7.29. The molecule has 0 N–H and O–H groups in total. The van der Waals surface area contributed by atoms with E-state index in [-0.39, 0.29) is 0 Å². The summed E-state index contributed by atoms with van der Waals surface area (Å²) in [6.45, 7) is 5.87. The van der Waals surface area contributed by atoms with Crippen LogP contribution in [-0.4, -0.2) is 19.5 Å². The Kier molecular flexibility index (Phi) is 2.62. The van der Waals surface area contributed by atoms with E-state index in [0.717, 1.165) is 35.5 Å². The summed E-state index contributed by atoms with van der Waals surface area (Å²) in [5.41, 5.74) is 2.10. The van der Waals surface area contributed by atoms with Crippen LogP contribution in [0.25, 0.3) is 11.2 Å². The van der Waals surface area contributed by atoms with Gasteiger partial charge in [0.1, 0.15) is 11.8 Å². The fourth-order valence-corrected chi connectivity index (χ4v) is 4.60. The van der Waals surface area contributed by atoms with Crippen LogP contribution >= 0.6 is 11.6 Å². The number of aromatic nitrogens is 4. The molecule has 106 valence electrons. The van der Waals surface area contributed by atoms with Gasteiger partial charge in [0.25, 0.3) is 0 Å². The zero-order chi connectivity index (χ0) is 13.9. The van der Waals surface area contributed by atoms with E-state index in [0.29, 0.717) is 10.6 Å². The van der Waals surface area contributed by atoms with E-state index >= 15 is 0 Å². The Balaban J connectivity index is 1.64. The van der Waals surface area contributed by atoms with Gasteiger partial charge < -0.3 is 4.57 Å². The van der Waals surface area contributed by atoms with Crippen molar-refractivity contribution in [2.45, 2.75) is 39.7 Å². The van der Waals surface area contributed by atoms with Gasteiger partial charge in [0.05, 0.1) is 6.33 Å². The van der Waals surface area contributed by atoms with Gasteiger partial charge in [-0.25, -0.2) is 15.0 Å². The van der Waals surface area contributed by atoms with Gasteiger partial charge in [0.15, 0.2) is 10.8 Å². The molecule has 5 rings (SSSR count). The molecule has 0 spiro atoms. The van der Waals surface area contributed by atoms with Crippen molar-refractivity contribution in [3.05, 3.63) is 17.8 Å². The van der Waals surface area contributed by atoms with Crippen molar-refractivity contribution in [1.29, 1.82) is 0 Å². The van der Waals surface area contributed by atoms with Gasteiger partial charge in [0, 0.05) is 6.54 Å². The molecular weight excluding hydrogens is 272 g/mol. The van der Waals surface area contributed by atoms with Gasteiger partial charge in [-0.1, -0.05) is 25.4 Å². The number of rotatable bonds is 2. The van der Waals surface area contributed by atoms with E-state index in [1.54, 1.807) is 0 Å². The minimum atomic E-state index is 0.446. The smallest absolute Gasteiger partial charge is 0.164 e. The first-order valence-corrected chi connectivity index (χ1v) is 7.76. The highest BCUT2D eigenvalue weighted by Gasteiger charge is 2.54. The second kappa shape index (κ2) is 4.17. The van der Waals surface area contributed by atoms with Crippen LogP contribution in [0.3, 0.4) is 0 Å². The first-order chi connectivity index (χ1) is 9.57. The summed E-state index contributed by atoms with van der Waals surface area (Å²) in [5.74, 6) is 2.53. The molecule has 2 heterocycles.